The van der Waals surface area contributed by atoms with Crippen LogP contribution in [0.15, 0.2) is 61.2 Å². The summed E-state index contributed by atoms with van der Waals surface area (Å²) in [4.78, 5) is 0. The van der Waals surface area contributed by atoms with Crippen LogP contribution in [0.5, 0.6) is 0 Å². The van der Waals surface area contributed by atoms with Crippen molar-refractivity contribution in [3.05, 3.63) is 77.9 Å². The fourth-order valence-electron chi connectivity index (χ4n) is 1.82. The molecule has 0 saturated heterocycles. The Labute approximate surface area is 109 Å². The Kier molecular flexibility index (Phi) is 4.14. The minimum absolute atomic E-state index is 0.992. The topological polar surface area (TPSA) is 0 Å². The highest BCUT2D eigenvalue weighted by molar-refractivity contribution is 5.72. The Morgan fingerprint density at radius 1 is 0.944 bits per heavy atom. The van der Waals surface area contributed by atoms with Crippen LogP contribution in [-0.4, -0.2) is 0 Å². The predicted molar refractivity (Wildman–Crippen MR) is 81.1 cm³/mol. The number of benzene rings is 2. The maximum Gasteiger partial charge on any atom is -0.0225 e. The smallest absolute Gasteiger partial charge is 0.0225 e. The fourth-order valence-corrected chi connectivity index (χ4v) is 1.82. The largest absolute Gasteiger partial charge is 0.0952 e. The van der Waals surface area contributed by atoms with Crippen LogP contribution in [0.2, 0.25) is 0 Å². The summed E-state index contributed by atoms with van der Waals surface area (Å²) in [6, 6.07) is 18.8. The van der Waals surface area contributed by atoms with Crippen LogP contribution >= 0.6 is 0 Å². The van der Waals surface area contributed by atoms with Crippen molar-refractivity contribution in [1.29, 1.82) is 0 Å². The third-order valence-electron chi connectivity index (χ3n) is 2.99. The van der Waals surface area contributed by atoms with Crippen LogP contribution in [0.4, 0.5) is 0 Å². The van der Waals surface area contributed by atoms with Crippen molar-refractivity contribution in [2.45, 2.75) is 13.3 Å². The molecule has 0 bridgehead atoms. The van der Waals surface area contributed by atoms with E-state index in [9.17, 15) is 0 Å². The van der Waals surface area contributed by atoms with Crippen LogP contribution < -0.4 is 0 Å². The highest BCUT2D eigenvalue weighted by Gasteiger charge is 1.96. The summed E-state index contributed by atoms with van der Waals surface area (Å²) in [5.74, 6) is 0. The SMILES string of the molecule is C=C(CC)c1cccc(/C=C/c2ccccc2)c1. The van der Waals surface area contributed by atoms with Crippen molar-refractivity contribution in [2.75, 3.05) is 0 Å². The van der Waals surface area contributed by atoms with E-state index in [0.29, 0.717) is 0 Å². The van der Waals surface area contributed by atoms with Gasteiger partial charge in [-0.3, -0.25) is 0 Å². The first-order valence-corrected chi connectivity index (χ1v) is 6.31. The molecule has 90 valence electrons. The first-order valence-electron chi connectivity index (χ1n) is 6.31. The molecule has 0 aromatic heterocycles. The summed E-state index contributed by atoms with van der Waals surface area (Å²) in [5, 5.41) is 0. The van der Waals surface area contributed by atoms with Crippen molar-refractivity contribution >= 4 is 17.7 Å². The van der Waals surface area contributed by atoms with Gasteiger partial charge in [0.1, 0.15) is 0 Å². The van der Waals surface area contributed by atoms with Crippen LogP contribution in [-0.2, 0) is 0 Å². The van der Waals surface area contributed by atoms with Gasteiger partial charge >= 0.3 is 0 Å². The fraction of sp³-hybridized carbons (Fsp3) is 0.111. The van der Waals surface area contributed by atoms with Crippen molar-refractivity contribution < 1.29 is 0 Å². The van der Waals surface area contributed by atoms with Gasteiger partial charge in [0.2, 0.25) is 0 Å². The van der Waals surface area contributed by atoms with Crippen LogP contribution in [0.25, 0.3) is 17.7 Å². The molecule has 0 nitrogen and oxygen atoms in total. The van der Waals surface area contributed by atoms with Gasteiger partial charge in [0, 0.05) is 0 Å². The Morgan fingerprint density at radius 3 is 2.33 bits per heavy atom. The monoisotopic (exact) mass is 234 g/mol. The van der Waals surface area contributed by atoms with Crippen molar-refractivity contribution in [1.82, 2.24) is 0 Å². The van der Waals surface area contributed by atoms with Gasteiger partial charge in [-0.25, -0.2) is 0 Å². The summed E-state index contributed by atoms with van der Waals surface area (Å²) in [5.41, 5.74) is 4.85. The van der Waals surface area contributed by atoms with E-state index >= 15 is 0 Å². The molecule has 2 rings (SSSR count). The highest BCUT2D eigenvalue weighted by Crippen LogP contribution is 2.18. The molecule has 0 aliphatic heterocycles. The molecule has 0 atom stereocenters. The van der Waals surface area contributed by atoms with E-state index in [4.69, 9.17) is 0 Å². The van der Waals surface area contributed by atoms with Crippen molar-refractivity contribution in [3.63, 3.8) is 0 Å². The van der Waals surface area contributed by atoms with Gasteiger partial charge in [0.05, 0.1) is 0 Å². The third-order valence-corrected chi connectivity index (χ3v) is 2.99. The molecule has 0 aliphatic carbocycles. The zero-order valence-electron chi connectivity index (χ0n) is 10.8. The molecular formula is C18H18. The quantitative estimate of drug-likeness (QED) is 0.631. The average Bonchev–Trinajstić information content (AvgIpc) is 2.45. The molecule has 0 spiro atoms. The Hall–Kier alpha value is -2.08. The number of rotatable bonds is 4. The maximum atomic E-state index is 4.08. The Morgan fingerprint density at radius 2 is 1.61 bits per heavy atom. The zero-order chi connectivity index (χ0) is 12.8. The van der Waals surface area contributed by atoms with Gasteiger partial charge < -0.3 is 0 Å². The van der Waals surface area contributed by atoms with Crippen molar-refractivity contribution in [2.24, 2.45) is 0 Å². The summed E-state index contributed by atoms with van der Waals surface area (Å²) < 4.78 is 0. The summed E-state index contributed by atoms with van der Waals surface area (Å²) in [6.07, 6.45) is 5.27. The molecule has 0 aliphatic rings. The lowest BCUT2D eigenvalue weighted by atomic mass is 10.0. The molecule has 18 heavy (non-hydrogen) atoms. The van der Waals surface area contributed by atoms with E-state index in [0.717, 1.165) is 6.42 Å². The van der Waals surface area contributed by atoms with Gasteiger partial charge in [-0.05, 0) is 34.8 Å². The molecule has 0 heterocycles. The lowest BCUT2D eigenvalue weighted by molar-refractivity contribution is 1.24. The minimum atomic E-state index is 0.992. The second kappa shape index (κ2) is 6.02. The van der Waals surface area contributed by atoms with Crippen molar-refractivity contribution in [3.8, 4) is 0 Å². The van der Waals surface area contributed by atoms with E-state index in [1.54, 1.807) is 0 Å². The van der Waals surface area contributed by atoms with E-state index in [1.165, 1.54) is 22.3 Å². The van der Waals surface area contributed by atoms with Crippen LogP contribution in [0.1, 0.15) is 30.0 Å². The van der Waals surface area contributed by atoms with Gasteiger partial charge in [-0.2, -0.15) is 0 Å². The number of allylic oxidation sites excluding steroid dienone is 1. The predicted octanol–water partition coefficient (Wildman–Crippen LogP) is 5.28. The second-order valence-electron chi connectivity index (χ2n) is 4.33. The average molecular weight is 234 g/mol. The molecule has 0 saturated carbocycles. The first-order chi connectivity index (χ1) is 8.79. The molecule has 0 heteroatoms. The molecule has 0 amide bonds. The molecule has 0 N–H and O–H groups in total. The molecule has 0 radical (unpaired) electrons. The number of hydrogen-bond donors (Lipinski definition) is 0. The molecule has 2 aromatic rings. The lowest BCUT2D eigenvalue weighted by Gasteiger charge is -2.03. The Bertz CT molecular complexity index is 547. The second-order valence-corrected chi connectivity index (χ2v) is 4.33. The van der Waals surface area contributed by atoms with E-state index in [1.807, 2.05) is 6.07 Å². The summed E-state index contributed by atoms with van der Waals surface area (Å²) >= 11 is 0. The standard InChI is InChI=1S/C18H18/c1-3-15(2)18-11-7-10-17(14-18)13-12-16-8-5-4-6-9-16/h4-14H,2-3H2,1H3/b13-12+. The molecule has 2 aromatic carbocycles. The van der Waals surface area contributed by atoms with Crippen LogP contribution in [0.3, 0.4) is 0 Å². The van der Waals surface area contributed by atoms with Gasteiger partial charge in [-0.15, -0.1) is 0 Å². The third kappa shape index (κ3) is 3.21. The van der Waals surface area contributed by atoms with E-state index in [-0.39, 0.29) is 0 Å². The van der Waals surface area contributed by atoms with Gasteiger partial charge in [-0.1, -0.05) is 74.2 Å². The summed E-state index contributed by atoms with van der Waals surface area (Å²) in [6.45, 7) is 6.21. The molecular weight excluding hydrogens is 216 g/mol. The summed E-state index contributed by atoms with van der Waals surface area (Å²) in [7, 11) is 0. The minimum Gasteiger partial charge on any atom is -0.0952 e. The Balaban J connectivity index is 2.20. The normalized spacial score (nSPS) is 10.7. The lowest BCUT2D eigenvalue weighted by Crippen LogP contribution is -1.82. The van der Waals surface area contributed by atoms with E-state index < -0.39 is 0 Å². The maximum absolute atomic E-state index is 4.08. The van der Waals surface area contributed by atoms with Gasteiger partial charge in [0.25, 0.3) is 0 Å². The number of hydrogen-bond acceptors (Lipinski definition) is 0. The van der Waals surface area contributed by atoms with E-state index in [2.05, 4.69) is 74.2 Å². The first kappa shape index (κ1) is 12.4. The zero-order valence-corrected chi connectivity index (χ0v) is 10.8. The van der Waals surface area contributed by atoms with Gasteiger partial charge in [0.15, 0.2) is 0 Å². The van der Waals surface area contributed by atoms with Crippen LogP contribution in [0, 0.1) is 0 Å². The highest BCUT2D eigenvalue weighted by atomic mass is 14.0. The molecule has 0 unspecified atom stereocenters. The molecule has 0 fully saturated rings.